The minimum Gasteiger partial charge on any atom is -0.491 e. The van der Waals surface area contributed by atoms with Crippen molar-refractivity contribution >= 4 is 21.8 Å². The van der Waals surface area contributed by atoms with Crippen LogP contribution in [-0.2, 0) is 4.79 Å². The second-order valence-corrected chi connectivity index (χ2v) is 4.82. The molecule has 0 aromatic heterocycles. The van der Waals surface area contributed by atoms with Crippen LogP contribution in [0.2, 0.25) is 0 Å². The molecule has 15 heavy (non-hydrogen) atoms. The second kappa shape index (κ2) is 4.66. The predicted molar refractivity (Wildman–Crippen MR) is 62.6 cm³/mol. The summed E-state index contributed by atoms with van der Waals surface area (Å²) in [7, 11) is 0. The largest absolute Gasteiger partial charge is 0.491 e. The molecule has 2 N–H and O–H groups in total. The first-order chi connectivity index (χ1) is 6.93. The zero-order chi connectivity index (χ0) is 11.5. The quantitative estimate of drug-likeness (QED) is 0.914. The number of para-hydroxylation sites is 1. The number of rotatable bonds is 4. The monoisotopic (exact) mass is 271 g/mol. The summed E-state index contributed by atoms with van der Waals surface area (Å²) in [5.74, 6) is 0.348. The van der Waals surface area contributed by atoms with Crippen LogP contribution in [-0.4, -0.2) is 12.5 Å². The van der Waals surface area contributed by atoms with E-state index < -0.39 is 5.41 Å². The van der Waals surface area contributed by atoms with Crippen LogP contribution in [0.25, 0.3) is 0 Å². The molecule has 0 heterocycles. The molecular formula is C11H14BrNO2. The molecule has 1 aromatic rings. The highest BCUT2D eigenvalue weighted by Crippen LogP contribution is 2.26. The maximum Gasteiger partial charge on any atom is 0.226 e. The van der Waals surface area contributed by atoms with Gasteiger partial charge in [0.1, 0.15) is 12.4 Å². The molecule has 0 bridgehead atoms. The van der Waals surface area contributed by atoms with Gasteiger partial charge < -0.3 is 10.5 Å². The van der Waals surface area contributed by atoms with Gasteiger partial charge in [-0.2, -0.15) is 0 Å². The highest BCUT2D eigenvalue weighted by molar-refractivity contribution is 9.10. The molecule has 82 valence electrons. The van der Waals surface area contributed by atoms with Gasteiger partial charge in [0.15, 0.2) is 0 Å². The van der Waals surface area contributed by atoms with E-state index in [1.807, 2.05) is 24.3 Å². The normalized spacial score (nSPS) is 11.1. The Hall–Kier alpha value is -1.03. The van der Waals surface area contributed by atoms with Crippen molar-refractivity contribution in [1.29, 1.82) is 0 Å². The van der Waals surface area contributed by atoms with Crippen LogP contribution in [0.4, 0.5) is 0 Å². The number of hydrogen-bond acceptors (Lipinski definition) is 2. The number of primary amides is 1. The Morgan fingerprint density at radius 3 is 2.60 bits per heavy atom. The summed E-state index contributed by atoms with van der Waals surface area (Å²) in [4.78, 5) is 11.1. The van der Waals surface area contributed by atoms with E-state index in [-0.39, 0.29) is 12.5 Å². The molecule has 0 aliphatic rings. The van der Waals surface area contributed by atoms with Gasteiger partial charge in [-0.05, 0) is 41.9 Å². The maximum absolute atomic E-state index is 11.1. The smallest absolute Gasteiger partial charge is 0.226 e. The van der Waals surface area contributed by atoms with E-state index in [2.05, 4.69) is 15.9 Å². The predicted octanol–water partition coefficient (Wildman–Crippen LogP) is 2.34. The lowest BCUT2D eigenvalue weighted by atomic mass is 9.94. The number of hydrogen-bond donors (Lipinski definition) is 1. The molecule has 1 amide bonds. The van der Waals surface area contributed by atoms with Gasteiger partial charge in [0.25, 0.3) is 0 Å². The van der Waals surface area contributed by atoms with Crippen molar-refractivity contribution in [3.8, 4) is 5.75 Å². The van der Waals surface area contributed by atoms with E-state index in [9.17, 15) is 4.79 Å². The summed E-state index contributed by atoms with van der Waals surface area (Å²) < 4.78 is 6.38. The number of carbonyl (C=O) groups excluding carboxylic acids is 1. The van der Waals surface area contributed by atoms with Crippen molar-refractivity contribution in [2.75, 3.05) is 6.61 Å². The average molecular weight is 272 g/mol. The van der Waals surface area contributed by atoms with Crippen molar-refractivity contribution in [3.63, 3.8) is 0 Å². The molecule has 3 nitrogen and oxygen atoms in total. The maximum atomic E-state index is 11.1. The highest BCUT2D eigenvalue weighted by atomic mass is 79.9. The molecule has 0 aliphatic carbocycles. The fourth-order valence-electron chi connectivity index (χ4n) is 0.891. The first-order valence-corrected chi connectivity index (χ1v) is 5.40. The summed E-state index contributed by atoms with van der Waals surface area (Å²) in [6.45, 7) is 3.78. The Morgan fingerprint density at radius 2 is 2.07 bits per heavy atom. The number of benzene rings is 1. The lowest BCUT2D eigenvalue weighted by Gasteiger charge is -2.21. The van der Waals surface area contributed by atoms with Crippen LogP contribution in [0.5, 0.6) is 5.75 Å². The van der Waals surface area contributed by atoms with Crippen molar-refractivity contribution in [2.24, 2.45) is 11.1 Å². The fourth-order valence-corrected chi connectivity index (χ4v) is 1.29. The second-order valence-electron chi connectivity index (χ2n) is 3.97. The van der Waals surface area contributed by atoms with Gasteiger partial charge in [0.2, 0.25) is 5.91 Å². The van der Waals surface area contributed by atoms with Crippen LogP contribution in [0, 0.1) is 5.41 Å². The van der Waals surface area contributed by atoms with Gasteiger partial charge in [0.05, 0.1) is 9.89 Å². The van der Waals surface area contributed by atoms with Crippen LogP contribution in [0.3, 0.4) is 0 Å². The molecule has 1 rings (SSSR count). The molecular weight excluding hydrogens is 258 g/mol. The SMILES string of the molecule is CC(C)(COc1ccccc1Br)C(N)=O. The fraction of sp³-hybridized carbons (Fsp3) is 0.364. The summed E-state index contributed by atoms with van der Waals surface area (Å²) in [5, 5.41) is 0. The molecule has 0 atom stereocenters. The van der Waals surface area contributed by atoms with Gasteiger partial charge in [-0.1, -0.05) is 12.1 Å². The number of nitrogens with two attached hydrogens (primary N) is 1. The summed E-state index contributed by atoms with van der Waals surface area (Å²) >= 11 is 3.36. The van der Waals surface area contributed by atoms with Crippen molar-refractivity contribution < 1.29 is 9.53 Å². The molecule has 0 saturated heterocycles. The Balaban J connectivity index is 2.66. The van der Waals surface area contributed by atoms with E-state index in [1.165, 1.54) is 0 Å². The lowest BCUT2D eigenvalue weighted by Crippen LogP contribution is -2.36. The first kappa shape index (κ1) is 12.0. The molecule has 0 fully saturated rings. The third-order valence-electron chi connectivity index (χ3n) is 2.09. The van der Waals surface area contributed by atoms with Crippen LogP contribution < -0.4 is 10.5 Å². The van der Waals surface area contributed by atoms with Gasteiger partial charge in [0, 0.05) is 0 Å². The van der Waals surface area contributed by atoms with E-state index >= 15 is 0 Å². The Labute approximate surface area is 97.7 Å². The van der Waals surface area contributed by atoms with Crippen LogP contribution >= 0.6 is 15.9 Å². The number of ether oxygens (including phenoxy) is 1. The molecule has 0 unspecified atom stereocenters. The van der Waals surface area contributed by atoms with E-state index in [4.69, 9.17) is 10.5 Å². The molecule has 0 spiro atoms. The van der Waals surface area contributed by atoms with Crippen LogP contribution in [0.1, 0.15) is 13.8 Å². The molecule has 0 saturated carbocycles. The first-order valence-electron chi connectivity index (χ1n) is 4.61. The molecule has 0 aliphatic heterocycles. The van der Waals surface area contributed by atoms with Gasteiger partial charge in [-0.3, -0.25) is 4.79 Å². The number of halogens is 1. The summed E-state index contributed by atoms with van der Waals surface area (Å²) in [6.07, 6.45) is 0. The van der Waals surface area contributed by atoms with Crippen molar-refractivity contribution in [3.05, 3.63) is 28.7 Å². The van der Waals surface area contributed by atoms with Gasteiger partial charge in [-0.25, -0.2) is 0 Å². The third kappa shape index (κ3) is 3.23. The van der Waals surface area contributed by atoms with Crippen molar-refractivity contribution in [2.45, 2.75) is 13.8 Å². The van der Waals surface area contributed by atoms with Crippen molar-refractivity contribution in [1.82, 2.24) is 0 Å². The Kier molecular flexibility index (Phi) is 3.74. The zero-order valence-electron chi connectivity index (χ0n) is 8.79. The Bertz CT molecular complexity index is 363. The number of carbonyl (C=O) groups is 1. The topological polar surface area (TPSA) is 52.3 Å². The van der Waals surface area contributed by atoms with E-state index in [1.54, 1.807) is 13.8 Å². The van der Waals surface area contributed by atoms with Gasteiger partial charge >= 0.3 is 0 Å². The number of amides is 1. The lowest BCUT2D eigenvalue weighted by molar-refractivity contribution is -0.127. The molecule has 4 heteroatoms. The Morgan fingerprint density at radius 1 is 1.47 bits per heavy atom. The molecule has 1 aromatic carbocycles. The average Bonchev–Trinajstić information content (AvgIpc) is 2.16. The third-order valence-corrected chi connectivity index (χ3v) is 2.75. The standard InChI is InChI=1S/C11H14BrNO2/c1-11(2,10(13)14)7-15-9-6-4-3-5-8(9)12/h3-6H,7H2,1-2H3,(H2,13,14). The van der Waals surface area contributed by atoms with E-state index in [0.717, 1.165) is 4.47 Å². The highest BCUT2D eigenvalue weighted by Gasteiger charge is 2.26. The molecule has 0 radical (unpaired) electrons. The summed E-state index contributed by atoms with van der Waals surface area (Å²) in [6, 6.07) is 7.49. The summed E-state index contributed by atoms with van der Waals surface area (Å²) in [5.41, 5.74) is 4.58. The minimum atomic E-state index is -0.657. The zero-order valence-corrected chi connectivity index (χ0v) is 10.4. The van der Waals surface area contributed by atoms with Crippen LogP contribution in [0.15, 0.2) is 28.7 Å². The van der Waals surface area contributed by atoms with E-state index in [0.29, 0.717) is 5.75 Å². The van der Waals surface area contributed by atoms with Gasteiger partial charge in [-0.15, -0.1) is 0 Å². The minimum absolute atomic E-state index is 0.269.